The third kappa shape index (κ3) is 2.09. The second-order valence-corrected chi connectivity index (χ2v) is 7.14. The fraction of sp³-hybridized carbons (Fsp3) is 0.800. The standard InChI is InChI=1S/C10H14N2O4S/c13-8-3-7(4-8)10-11-9(12-16-10)6-1-2-17(14,15)5-6/h6-8,13H,1-5H2. The van der Waals surface area contributed by atoms with Crippen molar-refractivity contribution >= 4 is 9.84 Å². The Labute approximate surface area is 98.9 Å². The molecule has 17 heavy (non-hydrogen) atoms. The summed E-state index contributed by atoms with van der Waals surface area (Å²) < 4.78 is 27.8. The predicted molar refractivity (Wildman–Crippen MR) is 58.3 cm³/mol. The van der Waals surface area contributed by atoms with Crippen LogP contribution in [0, 0.1) is 0 Å². The number of aliphatic hydroxyl groups is 1. The summed E-state index contributed by atoms with van der Waals surface area (Å²) in [4.78, 5) is 4.26. The van der Waals surface area contributed by atoms with Gasteiger partial charge in [-0.3, -0.25) is 0 Å². The maximum Gasteiger partial charge on any atom is 0.229 e. The van der Waals surface area contributed by atoms with Gasteiger partial charge < -0.3 is 9.63 Å². The van der Waals surface area contributed by atoms with Crippen molar-refractivity contribution in [1.29, 1.82) is 0 Å². The summed E-state index contributed by atoms with van der Waals surface area (Å²) in [6.07, 6.45) is 1.63. The Morgan fingerprint density at radius 2 is 2.06 bits per heavy atom. The molecule has 0 aromatic carbocycles. The lowest BCUT2D eigenvalue weighted by Gasteiger charge is -2.27. The molecule has 2 heterocycles. The molecule has 0 radical (unpaired) electrons. The van der Waals surface area contributed by atoms with Crippen LogP contribution in [-0.4, -0.2) is 41.3 Å². The molecule has 0 bridgehead atoms. The van der Waals surface area contributed by atoms with E-state index in [9.17, 15) is 13.5 Å². The molecule has 1 aliphatic heterocycles. The topological polar surface area (TPSA) is 93.3 Å². The van der Waals surface area contributed by atoms with Gasteiger partial charge in [0.05, 0.1) is 17.6 Å². The van der Waals surface area contributed by atoms with Gasteiger partial charge in [-0.15, -0.1) is 0 Å². The largest absolute Gasteiger partial charge is 0.393 e. The molecule has 1 atom stereocenters. The number of hydrogen-bond acceptors (Lipinski definition) is 6. The summed E-state index contributed by atoms with van der Waals surface area (Å²) in [5, 5.41) is 13.1. The number of hydrogen-bond donors (Lipinski definition) is 1. The van der Waals surface area contributed by atoms with E-state index in [0.29, 0.717) is 31.0 Å². The van der Waals surface area contributed by atoms with Gasteiger partial charge in [0.15, 0.2) is 15.7 Å². The first kappa shape index (κ1) is 11.2. The minimum Gasteiger partial charge on any atom is -0.393 e. The van der Waals surface area contributed by atoms with Crippen molar-refractivity contribution in [2.75, 3.05) is 11.5 Å². The van der Waals surface area contributed by atoms with E-state index in [0.717, 1.165) is 0 Å². The first-order valence-corrected chi connectivity index (χ1v) is 7.57. The molecule has 1 N–H and O–H groups in total. The van der Waals surface area contributed by atoms with E-state index in [-0.39, 0.29) is 29.4 Å². The van der Waals surface area contributed by atoms with Gasteiger partial charge in [0.2, 0.25) is 5.89 Å². The van der Waals surface area contributed by atoms with E-state index in [1.165, 1.54) is 0 Å². The average molecular weight is 258 g/mol. The first-order valence-electron chi connectivity index (χ1n) is 5.75. The summed E-state index contributed by atoms with van der Waals surface area (Å²) >= 11 is 0. The van der Waals surface area contributed by atoms with Crippen LogP contribution in [0.1, 0.15) is 42.8 Å². The molecule has 0 spiro atoms. The third-order valence-electron chi connectivity index (χ3n) is 3.52. The highest BCUT2D eigenvalue weighted by Crippen LogP contribution is 2.36. The Balaban J connectivity index is 1.73. The lowest BCUT2D eigenvalue weighted by atomic mass is 9.82. The average Bonchev–Trinajstić information content (AvgIpc) is 2.79. The molecule has 94 valence electrons. The summed E-state index contributed by atoms with van der Waals surface area (Å²) in [5.41, 5.74) is 0. The van der Waals surface area contributed by atoms with Crippen molar-refractivity contribution in [3.63, 3.8) is 0 Å². The van der Waals surface area contributed by atoms with Crippen LogP contribution in [0.2, 0.25) is 0 Å². The molecule has 7 heteroatoms. The second kappa shape index (κ2) is 3.78. The van der Waals surface area contributed by atoms with Gasteiger partial charge >= 0.3 is 0 Å². The highest BCUT2D eigenvalue weighted by Gasteiger charge is 2.36. The highest BCUT2D eigenvalue weighted by molar-refractivity contribution is 7.91. The van der Waals surface area contributed by atoms with Crippen LogP contribution >= 0.6 is 0 Å². The van der Waals surface area contributed by atoms with Gasteiger partial charge in [-0.1, -0.05) is 5.16 Å². The molecule has 1 aliphatic carbocycles. The maximum absolute atomic E-state index is 11.3. The maximum atomic E-state index is 11.3. The van der Waals surface area contributed by atoms with Gasteiger partial charge in [-0.05, 0) is 19.3 Å². The summed E-state index contributed by atoms with van der Waals surface area (Å²) in [6, 6.07) is 0. The number of rotatable bonds is 2. The van der Waals surface area contributed by atoms with Crippen LogP contribution in [-0.2, 0) is 9.84 Å². The van der Waals surface area contributed by atoms with E-state index in [1.54, 1.807) is 0 Å². The predicted octanol–water partition coefficient (Wildman–Crippen LogP) is 0.210. The van der Waals surface area contributed by atoms with Crippen LogP contribution in [0.25, 0.3) is 0 Å². The molecule has 3 rings (SSSR count). The second-order valence-electron chi connectivity index (χ2n) is 4.91. The van der Waals surface area contributed by atoms with Crippen LogP contribution in [0.15, 0.2) is 4.52 Å². The van der Waals surface area contributed by atoms with Crippen molar-refractivity contribution in [3.8, 4) is 0 Å². The minimum atomic E-state index is -2.92. The van der Waals surface area contributed by atoms with Crippen LogP contribution in [0.3, 0.4) is 0 Å². The minimum absolute atomic E-state index is 0.123. The fourth-order valence-electron chi connectivity index (χ4n) is 2.37. The van der Waals surface area contributed by atoms with Gasteiger partial charge in [0, 0.05) is 11.8 Å². The van der Waals surface area contributed by atoms with Crippen molar-refractivity contribution in [3.05, 3.63) is 11.7 Å². The van der Waals surface area contributed by atoms with E-state index in [1.807, 2.05) is 0 Å². The smallest absolute Gasteiger partial charge is 0.229 e. The zero-order chi connectivity index (χ0) is 12.0. The zero-order valence-corrected chi connectivity index (χ0v) is 10.1. The quantitative estimate of drug-likeness (QED) is 0.815. The van der Waals surface area contributed by atoms with E-state index < -0.39 is 9.84 Å². The Kier molecular flexibility index (Phi) is 2.48. The SMILES string of the molecule is O=S1(=O)CCC(c2noc(C3CC(O)C3)n2)C1. The van der Waals surface area contributed by atoms with Gasteiger partial charge in [0.1, 0.15) is 0 Å². The molecule has 1 aromatic rings. The molecule has 1 saturated heterocycles. The molecular formula is C10H14N2O4S. The van der Waals surface area contributed by atoms with Crippen LogP contribution in [0.5, 0.6) is 0 Å². The number of aliphatic hydroxyl groups excluding tert-OH is 1. The number of aromatic nitrogens is 2. The molecule has 1 aromatic heterocycles. The molecule has 2 fully saturated rings. The first-order chi connectivity index (χ1) is 8.03. The highest BCUT2D eigenvalue weighted by atomic mass is 32.2. The third-order valence-corrected chi connectivity index (χ3v) is 5.29. The monoisotopic (exact) mass is 258 g/mol. The van der Waals surface area contributed by atoms with Crippen molar-refractivity contribution in [1.82, 2.24) is 10.1 Å². The Bertz CT molecular complexity index is 518. The van der Waals surface area contributed by atoms with Gasteiger partial charge in [-0.2, -0.15) is 4.98 Å². The molecule has 1 unspecified atom stereocenters. The molecule has 6 nitrogen and oxygen atoms in total. The molecule has 2 aliphatic rings. The van der Waals surface area contributed by atoms with Crippen molar-refractivity contribution < 1.29 is 18.0 Å². The zero-order valence-electron chi connectivity index (χ0n) is 9.24. The normalized spacial score (nSPS) is 35.7. The van der Waals surface area contributed by atoms with E-state index in [2.05, 4.69) is 10.1 Å². The Hall–Kier alpha value is -0.950. The van der Waals surface area contributed by atoms with E-state index in [4.69, 9.17) is 4.52 Å². The molecular weight excluding hydrogens is 244 g/mol. The van der Waals surface area contributed by atoms with Crippen molar-refractivity contribution in [2.24, 2.45) is 0 Å². The van der Waals surface area contributed by atoms with E-state index >= 15 is 0 Å². The molecule has 0 amide bonds. The Morgan fingerprint density at radius 3 is 2.65 bits per heavy atom. The van der Waals surface area contributed by atoms with Gasteiger partial charge in [0.25, 0.3) is 0 Å². The fourth-order valence-corrected chi connectivity index (χ4v) is 4.11. The van der Waals surface area contributed by atoms with Crippen molar-refractivity contribution in [2.45, 2.75) is 37.2 Å². The summed E-state index contributed by atoms with van der Waals surface area (Å²) in [7, 11) is -2.92. The van der Waals surface area contributed by atoms with Gasteiger partial charge in [-0.25, -0.2) is 8.42 Å². The number of nitrogens with zero attached hydrogens (tertiary/aromatic N) is 2. The molecule has 1 saturated carbocycles. The van der Waals surface area contributed by atoms with Crippen LogP contribution < -0.4 is 0 Å². The Morgan fingerprint density at radius 1 is 1.29 bits per heavy atom. The lowest BCUT2D eigenvalue weighted by molar-refractivity contribution is 0.0625. The van der Waals surface area contributed by atoms with Crippen LogP contribution in [0.4, 0.5) is 0 Å². The summed E-state index contributed by atoms with van der Waals surface area (Å²) in [6.45, 7) is 0. The summed E-state index contributed by atoms with van der Waals surface area (Å²) in [5.74, 6) is 1.40. The number of sulfone groups is 1. The lowest BCUT2D eigenvalue weighted by Crippen LogP contribution is -2.26.